The number of hydrogen-bond acceptors (Lipinski definition) is 2. The molecule has 5 saturated carbocycles. The summed E-state index contributed by atoms with van der Waals surface area (Å²) in [6, 6.07) is 0. The molecule has 5 rings (SSSR count). The maximum atomic E-state index is 10.1. The van der Waals surface area contributed by atoms with Crippen LogP contribution in [0, 0.1) is 47.3 Å². The first-order valence-corrected chi connectivity index (χ1v) is 5.67. The molecule has 5 fully saturated rings. The van der Waals surface area contributed by atoms with E-state index in [1.165, 1.54) is 6.42 Å². The summed E-state index contributed by atoms with van der Waals surface area (Å²) in [5, 5.41) is 20.2. The molecule has 0 heterocycles. The molecule has 0 unspecified atom stereocenters. The third-order valence-electron chi connectivity index (χ3n) is 6.32. The lowest BCUT2D eigenvalue weighted by Gasteiger charge is -2.47. The van der Waals surface area contributed by atoms with Crippen LogP contribution >= 0.6 is 0 Å². The minimum absolute atomic E-state index is 0.0304. The van der Waals surface area contributed by atoms with Crippen LogP contribution in [-0.2, 0) is 0 Å². The number of hydrogen-bond donors (Lipinski definition) is 2. The van der Waals surface area contributed by atoms with Crippen molar-refractivity contribution >= 4 is 0 Å². The van der Waals surface area contributed by atoms with E-state index >= 15 is 0 Å². The van der Waals surface area contributed by atoms with Crippen molar-refractivity contribution in [2.24, 2.45) is 47.3 Å². The topological polar surface area (TPSA) is 40.5 Å². The molecule has 0 amide bonds. The summed E-state index contributed by atoms with van der Waals surface area (Å²) < 4.78 is 0. The van der Waals surface area contributed by atoms with Crippen molar-refractivity contribution in [1.29, 1.82) is 0 Å². The van der Waals surface area contributed by atoms with E-state index in [2.05, 4.69) is 0 Å². The van der Waals surface area contributed by atoms with Crippen LogP contribution < -0.4 is 0 Å². The van der Waals surface area contributed by atoms with E-state index in [0.717, 1.165) is 23.7 Å². The fraction of sp³-hybridized carbons (Fsp3) is 1.00. The van der Waals surface area contributed by atoms with Crippen LogP contribution in [0.4, 0.5) is 0 Å². The SMILES string of the molecule is O[C@@H]1[C@H]2[C@@H]3[C@H](O)[C@H]4[C@@H]5C[C@H]([C@H]2[C@H]53)[C@H]14. The summed E-state index contributed by atoms with van der Waals surface area (Å²) in [6.07, 6.45) is 1.28. The van der Waals surface area contributed by atoms with Crippen molar-refractivity contribution in [2.75, 3.05) is 0 Å². The number of fused-ring (bicyclic) bond motifs is 2. The van der Waals surface area contributed by atoms with Crippen LogP contribution in [0.3, 0.4) is 0 Å². The fourth-order valence-electron chi connectivity index (χ4n) is 6.44. The van der Waals surface area contributed by atoms with Gasteiger partial charge in [0.1, 0.15) is 0 Å². The van der Waals surface area contributed by atoms with E-state index < -0.39 is 0 Å². The molecule has 2 nitrogen and oxygen atoms in total. The number of rotatable bonds is 0. The zero-order valence-electron chi connectivity index (χ0n) is 7.38. The highest BCUT2D eigenvalue weighted by atomic mass is 16.3. The van der Waals surface area contributed by atoms with Gasteiger partial charge in [-0.1, -0.05) is 0 Å². The Morgan fingerprint density at radius 2 is 1.08 bits per heavy atom. The van der Waals surface area contributed by atoms with Crippen molar-refractivity contribution in [3.8, 4) is 0 Å². The van der Waals surface area contributed by atoms with Crippen LogP contribution in [0.15, 0.2) is 0 Å². The van der Waals surface area contributed by atoms with Gasteiger partial charge in [-0.25, -0.2) is 0 Å². The van der Waals surface area contributed by atoms with Gasteiger partial charge in [0.15, 0.2) is 0 Å². The smallest absolute Gasteiger partial charge is 0.0609 e. The van der Waals surface area contributed by atoms with Gasteiger partial charge >= 0.3 is 0 Å². The van der Waals surface area contributed by atoms with E-state index in [1.54, 1.807) is 0 Å². The van der Waals surface area contributed by atoms with Gasteiger partial charge in [-0.15, -0.1) is 0 Å². The first-order chi connectivity index (χ1) is 6.30. The highest BCUT2D eigenvalue weighted by molar-refractivity contribution is 5.30. The second-order valence-electron chi connectivity index (χ2n) is 6.01. The number of aliphatic hydroxyl groups excluding tert-OH is 2. The van der Waals surface area contributed by atoms with Crippen molar-refractivity contribution < 1.29 is 10.2 Å². The van der Waals surface area contributed by atoms with E-state index in [0.29, 0.717) is 23.7 Å². The van der Waals surface area contributed by atoms with E-state index in [4.69, 9.17) is 0 Å². The Kier molecular flexibility index (Phi) is 0.733. The normalized spacial score (nSPS) is 85.4. The standard InChI is InChI=1S/C11H14O2/c12-10-6-2-1-3-5-4(2)8(10)9(5)11(13)7(3)6/h2-13H,1H2/t2-,3-,4+,5+,6+,7+,8-,9-,10-,11+/m1/s1. The Bertz CT molecular complexity index is 281. The van der Waals surface area contributed by atoms with Gasteiger partial charge in [-0.05, 0) is 53.8 Å². The molecule has 70 valence electrons. The minimum Gasteiger partial charge on any atom is -0.393 e. The number of aliphatic hydroxyl groups is 2. The Morgan fingerprint density at radius 1 is 0.615 bits per heavy atom. The summed E-state index contributed by atoms with van der Waals surface area (Å²) >= 11 is 0. The molecule has 5 aliphatic rings. The molecule has 0 aromatic heterocycles. The van der Waals surface area contributed by atoms with Crippen molar-refractivity contribution in [3.05, 3.63) is 0 Å². The molecule has 0 radical (unpaired) electrons. The van der Waals surface area contributed by atoms with Crippen molar-refractivity contribution in [3.63, 3.8) is 0 Å². The zero-order chi connectivity index (χ0) is 8.48. The summed E-state index contributed by atoms with van der Waals surface area (Å²) in [6.45, 7) is 0. The summed E-state index contributed by atoms with van der Waals surface area (Å²) in [5.41, 5.74) is 0. The quantitative estimate of drug-likeness (QED) is 0.552. The Hall–Kier alpha value is -0.0800. The second-order valence-corrected chi connectivity index (χ2v) is 6.01. The van der Waals surface area contributed by atoms with Gasteiger partial charge in [0.05, 0.1) is 12.2 Å². The lowest BCUT2D eigenvalue weighted by atomic mass is 9.58. The van der Waals surface area contributed by atoms with Gasteiger partial charge in [0, 0.05) is 0 Å². The lowest BCUT2D eigenvalue weighted by Crippen LogP contribution is -2.51. The molecule has 0 aliphatic heterocycles. The summed E-state index contributed by atoms with van der Waals surface area (Å²) in [4.78, 5) is 0. The highest BCUT2D eigenvalue weighted by Crippen LogP contribution is 2.82. The lowest BCUT2D eigenvalue weighted by molar-refractivity contribution is -0.109. The Balaban J connectivity index is 1.83. The first kappa shape index (κ1) is 6.41. The molecule has 5 aliphatic carbocycles. The van der Waals surface area contributed by atoms with Crippen LogP contribution in [0.1, 0.15) is 6.42 Å². The first-order valence-electron chi connectivity index (χ1n) is 5.67. The van der Waals surface area contributed by atoms with Gasteiger partial charge in [0.25, 0.3) is 0 Å². The minimum atomic E-state index is -0.0304. The molecule has 13 heavy (non-hydrogen) atoms. The monoisotopic (exact) mass is 178 g/mol. The summed E-state index contributed by atoms with van der Waals surface area (Å²) in [5.74, 6) is 5.33. The second kappa shape index (κ2) is 1.49. The molecule has 0 aromatic rings. The maximum absolute atomic E-state index is 10.1. The van der Waals surface area contributed by atoms with E-state index in [1.807, 2.05) is 0 Å². The molecule has 0 saturated heterocycles. The van der Waals surface area contributed by atoms with Crippen LogP contribution in [0.25, 0.3) is 0 Å². The van der Waals surface area contributed by atoms with Gasteiger partial charge in [-0.2, -0.15) is 0 Å². The van der Waals surface area contributed by atoms with Crippen LogP contribution in [0.2, 0.25) is 0 Å². The molecule has 0 aromatic carbocycles. The Morgan fingerprint density at radius 3 is 1.54 bits per heavy atom. The third-order valence-corrected chi connectivity index (χ3v) is 6.32. The van der Waals surface area contributed by atoms with Crippen LogP contribution in [-0.4, -0.2) is 22.4 Å². The fourth-order valence-corrected chi connectivity index (χ4v) is 6.44. The molecule has 2 heteroatoms. The van der Waals surface area contributed by atoms with Gasteiger partial charge in [-0.3, -0.25) is 0 Å². The predicted octanol–water partition coefficient (Wildman–Crippen LogP) is 0.0959. The zero-order valence-corrected chi connectivity index (χ0v) is 7.38. The molecular weight excluding hydrogens is 164 g/mol. The van der Waals surface area contributed by atoms with Gasteiger partial charge < -0.3 is 10.2 Å². The average molecular weight is 178 g/mol. The van der Waals surface area contributed by atoms with Crippen molar-refractivity contribution in [2.45, 2.75) is 18.6 Å². The predicted molar refractivity (Wildman–Crippen MR) is 44.6 cm³/mol. The molecule has 2 N–H and O–H groups in total. The average Bonchev–Trinajstić information content (AvgIpc) is 2.52. The van der Waals surface area contributed by atoms with Gasteiger partial charge in [0.2, 0.25) is 0 Å². The largest absolute Gasteiger partial charge is 0.393 e. The third kappa shape index (κ3) is 0.375. The van der Waals surface area contributed by atoms with Crippen LogP contribution in [0.5, 0.6) is 0 Å². The highest BCUT2D eigenvalue weighted by Gasteiger charge is 2.83. The molecule has 10 atom stereocenters. The summed E-state index contributed by atoms with van der Waals surface area (Å²) in [7, 11) is 0. The maximum Gasteiger partial charge on any atom is 0.0609 e. The van der Waals surface area contributed by atoms with E-state index in [-0.39, 0.29) is 12.2 Å². The Labute approximate surface area is 76.9 Å². The molecule has 2 bridgehead atoms. The molecular formula is C11H14O2. The molecule has 0 spiro atoms. The van der Waals surface area contributed by atoms with Crippen molar-refractivity contribution in [1.82, 2.24) is 0 Å². The van der Waals surface area contributed by atoms with E-state index in [9.17, 15) is 10.2 Å².